The van der Waals surface area contributed by atoms with E-state index in [0.717, 1.165) is 12.4 Å². The molecule has 0 aromatic carbocycles. The third kappa shape index (κ3) is 2.01. The lowest BCUT2D eigenvalue weighted by molar-refractivity contribution is 0.488. The zero-order valence-corrected chi connectivity index (χ0v) is 5.69. The molecule has 0 spiro atoms. The van der Waals surface area contributed by atoms with Gasteiger partial charge in [0, 0.05) is 0 Å². The average molecular weight is 112 g/mol. The molecule has 0 radical (unpaired) electrons. The van der Waals surface area contributed by atoms with Gasteiger partial charge in [0.25, 0.3) is 0 Å². The van der Waals surface area contributed by atoms with Gasteiger partial charge in [-0.1, -0.05) is 20.8 Å². The maximum absolute atomic E-state index is 4.95. The summed E-state index contributed by atoms with van der Waals surface area (Å²) in [5, 5.41) is 0. The van der Waals surface area contributed by atoms with E-state index in [1.54, 1.807) is 0 Å². The average Bonchev–Trinajstić information content (AvgIpc) is 2.12. The monoisotopic (exact) mass is 112 g/mol. The Balaban J connectivity index is 2.48. The van der Waals surface area contributed by atoms with Crippen molar-refractivity contribution in [2.24, 2.45) is 5.41 Å². The highest BCUT2D eigenvalue weighted by molar-refractivity contribution is 5.08. The molecule has 0 bridgehead atoms. The Morgan fingerprint density at radius 1 is 1.50 bits per heavy atom. The highest BCUT2D eigenvalue weighted by Crippen LogP contribution is 2.24. The molecule has 0 unspecified atom stereocenters. The van der Waals surface area contributed by atoms with Crippen LogP contribution in [0, 0.1) is 5.41 Å². The largest absolute Gasteiger partial charge is 0.487 e. The molecule has 1 heterocycles. The number of rotatable bonds is 0. The first kappa shape index (κ1) is 5.67. The van der Waals surface area contributed by atoms with Crippen LogP contribution in [0.5, 0.6) is 0 Å². The minimum atomic E-state index is 0.297. The Hall–Kier alpha value is -0.460. The zero-order chi connectivity index (χ0) is 6.20. The topological polar surface area (TPSA) is 12.5 Å². The third-order valence-electron chi connectivity index (χ3n) is 0.905. The Morgan fingerprint density at radius 3 is 2.12 bits per heavy atom. The van der Waals surface area contributed by atoms with Crippen molar-refractivity contribution in [2.45, 2.75) is 20.8 Å². The summed E-state index contributed by atoms with van der Waals surface area (Å²) in [5.74, 6) is 1.15. The van der Waals surface area contributed by atoms with Gasteiger partial charge in [0.2, 0.25) is 0 Å². The van der Waals surface area contributed by atoms with Gasteiger partial charge in [-0.3, -0.25) is 0 Å². The standard InChI is InChI=1S/C7H12O/c1-7(2,3)4-6-5-8-6/h4H,5H2,1-3H3/b6-4+. The molecule has 1 fully saturated rings. The van der Waals surface area contributed by atoms with Gasteiger partial charge >= 0.3 is 0 Å². The van der Waals surface area contributed by atoms with Gasteiger partial charge in [-0.05, 0) is 11.5 Å². The van der Waals surface area contributed by atoms with E-state index in [4.69, 9.17) is 4.74 Å². The van der Waals surface area contributed by atoms with Gasteiger partial charge in [0.1, 0.15) is 12.4 Å². The Morgan fingerprint density at radius 2 is 2.00 bits per heavy atom. The highest BCUT2D eigenvalue weighted by Gasteiger charge is 2.17. The van der Waals surface area contributed by atoms with Crippen LogP contribution in [-0.4, -0.2) is 6.61 Å². The third-order valence-corrected chi connectivity index (χ3v) is 0.905. The van der Waals surface area contributed by atoms with Crippen LogP contribution in [0.4, 0.5) is 0 Å². The lowest BCUT2D eigenvalue weighted by Crippen LogP contribution is -1.97. The summed E-state index contributed by atoms with van der Waals surface area (Å²) < 4.78 is 4.95. The first-order chi connectivity index (χ1) is 3.58. The molecule has 0 amide bonds. The van der Waals surface area contributed by atoms with Gasteiger partial charge in [-0.2, -0.15) is 0 Å². The number of allylic oxidation sites excluding steroid dienone is 1. The van der Waals surface area contributed by atoms with Crippen molar-refractivity contribution in [1.29, 1.82) is 0 Å². The maximum Gasteiger partial charge on any atom is 0.145 e. The second-order valence-corrected chi connectivity index (χ2v) is 3.27. The van der Waals surface area contributed by atoms with Crippen molar-refractivity contribution in [3.8, 4) is 0 Å². The summed E-state index contributed by atoms with van der Waals surface area (Å²) in [5.41, 5.74) is 0.297. The second kappa shape index (κ2) is 1.51. The van der Waals surface area contributed by atoms with E-state index in [9.17, 15) is 0 Å². The van der Waals surface area contributed by atoms with E-state index in [0.29, 0.717) is 5.41 Å². The summed E-state index contributed by atoms with van der Waals surface area (Å²) >= 11 is 0. The minimum absolute atomic E-state index is 0.297. The second-order valence-electron chi connectivity index (χ2n) is 3.27. The van der Waals surface area contributed by atoms with E-state index in [2.05, 4.69) is 26.8 Å². The molecule has 0 aromatic rings. The van der Waals surface area contributed by atoms with Crippen LogP contribution in [0.25, 0.3) is 0 Å². The smallest absolute Gasteiger partial charge is 0.145 e. The van der Waals surface area contributed by atoms with Crippen LogP contribution in [0.1, 0.15) is 20.8 Å². The SMILES string of the molecule is CC(C)(C)/C=C1\CO1. The summed E-state index contributed by atoms with van der Waals surface area (Å²) in [6.07, 6.45) is 2.16. The van der Waals surface area contributed by atoms with E-state index in [1.165, 1.54) is 0 Å². The maximum atomic E-state index is 4.95. The molecular formula is C7H12O. The Bertz CT molecular complexity index is 111. The van der Waals surface area contributed by atoms with Crippen molar-refractivity contribution in [1.82, 2.24) is 0 Å². The predicted octanol–water partition coefficient (Wildman–Crippen LogP) is 1.95. The number of ether oxygens (including phenoxy) is 1. The minimum Gasteiger partial charge on any atom is -0.487 e. The van der Waals surface area contributed by atoms with E-state index in [1.807, 2.05) is 0 Å². The van der Waals surface area contributed by atoms with Crippen LogP contribution in [-0.2, 0) is 4.74 Å². The van der Waals surface area contributed by atoms with Crippen LogP contribution in [0.15, 0.2) is 11.8 Å². The zero-order valence-electron chi connectivity index (χ0n) is 5.69. The molecule has 1 rings (SSSR count). The molecule has 0 saturated carbocycles. The molecule has 46 valence electrons. The molecule has 0 N–H and O–H groups in total. The fourth-order valence-electron chi connectivity index (χ4n) is 0.608. The van der Waals surface area contributed by atoms with Gasteiger partial charge in [-0.15, -0.1) is 0 Å². The predicted molar refractivity (Wildman–Crippen MR) is 33.5 cm³/mol. The normalized spacial score (nSPS) is 23.1. The van der Waals surface area contributed by atoms with Crippen molar-refractivity contribution in [2.75, 3.05) is 6.61 Å². The van der Waals surface area contributed by atoms with Crippen molar-refractivity contribution in [3.05, 3.63) is 11.8 Å². The van der Waals surface area contributed by atoms with Crippen LogP contribution in [0.2, 0.25) is 0 Å². The van der Waals surface area contributed by atoms with Gasteiger partial charge in [0.05, 0.1) is 0 Å². The van der Waals surface area contributed by atoms with Crippen molar-refractivity contribution < 1.29 is 4.74 Å². The fraction of sp³-hybridized carbons (Fsp3) is 0.714. The van der Waals surface area contributed by atoms with Gasteiger partial charge in [0.15, 0.2) is 0 Å². The molecule has 1 aliphatic heterocycles. The molecule has 1 heteroatoms. The van der Waals surface area contributed by atoms with Crippen LogP contribution >= 0.6 is 0 Å². The molecule has 1 saturated heterocycles. The molecule has 1 nitrogen and oxygen atoms in total. The molecular weight excluding hydrogens is 100 g/mol. The first-order valence-electron chi connectivity index (χ1n) is 2.92. The number of epoxide rings is 1. The Labute approximate surface area is 50.3 Å². The highest BCUT2D eigenvalue weighted by atomic mass is 16.6. The van der Waals surface area contributed by atoms with Crippen molar-refractivity contribution in [3.63, 3.8) is 0 Å². The van der Waals surface area contributed by atoms with Crippen LogP contribution < -0.4 is 0 Å². The first-order valence-corrected chi connectivity index (χ1v) is 2.92. The van der Waals surface area contributed by atoms with Gasteiger partial charge in [-0.25, -0.2) is 0 Å². The van der Waals surface area contributed by atoms with Gasteiger partial charge < -0.3 is 4.74 Å². The summed E-state index contributed by atoms with van der Waals surface area (Å²) in [6, 6.07) is 0. The lowest BCUT2D eigenvalue weighted by Gasteiger charge is -2.08. The lowest BCUT2D eigenvalue weighted by atomic mass is 9.96. The Kier molecular flexibility index (Phi) is 1.07. The molecule has 0 aliphatic carbocycles. The fourth-order valence-corrected chi connectivity index (χ4v) is 0.608. The molecule has 8 heavy (non-hydrogen) atoms. The summed E-state index contributed by atoms with van der Waals surface area (Å²) in [7, 11) is 0. The van der Waals surface area contributed by atoms with E-state index in [-0.39, 0.29) is 0 Å². The molecule has 0 atom stereocenters. The van der Waals surface area contributed by atoms with Crippen LogP contribution in [0.3, 0.4) is 0 Å². The molecule has 0 aromatic heterocycles. The van der Waals surface area contributed by atoms with E-state index >= 15 is 0 Å². The summed E-state index contributed by atoms with van der Waals surface area (Å²) in [6.45, 7) is 7.36. The van der Waals surface area contributed by atoms with Crippen molar-refractivity contribution >= 4 is 0 Å². The summed E-state index contributed by atoms with van der Waals surface area (Å²) in [4.78, 5) is 0. The molecule has 1 aliphatic rings. The van der Waals surface area contributed by atoms with E-state index < -0.39 is 0 Å². The quantitative estimate of drug-likeness (QED) is 0.436. The number of hydrogen-bond acceptors (Lipinski definition) is 1. The number of hydrogen-bond donors (Lipinski definition) is 0.